The average molecular weight is 349 g/mol. The minimum absolute atomic E-state index is 0.0724. The van der Waals surface area contributed by atoms with Crippen molar-refractivity contribution >= 4 is 27.7 Å². The van der Waals surface area contributed by atoms with E-state index in [0.29, 0.717) is 24.5 Å². The molecule has 1 aromatic heterocycles. The second kappa shape index (κ2) is 7.17. The molecule has 0 aliphatic heterocycles. The maximum absolute atomic E-state index is 11.9. The molecular formula is C15H17BrN4O. The van der Waals surface area contributed by atoms with Crippen molar-refractivity contribution in [2.75, 3.05) is 18.4 Å². The number of hydrogen-bond donors (Lipinski definition) is 2. The van der Waals surface area contributed by atoms with Crippen LogP contribution in [-0.4, -0.2) is 29.0 Å². The fourth-order valence-corrected chi connectivity index (χ4v) is 2.27. The van der Waals surface area contributed by atoms with Gasteiger partial charge in [-0.1, -0.05) is 17.7 Å². The Kier molecular flexibility index (Phi) is 5.27. The highest BCUT2D eigenvalue weighted by molar-refractivity contribution is 9.10. The number of hydrogen-bond acceptors (Lipinski definition) is 4. The molecule has 0 saturated heterocycles. The summed E-state index contributed by atoms with van der Waals surface area (Å²) in [7, 11) is 0. The molecule has 0 atom stereocenters. The van der Waals surface area contributed by atoms with Gasteiger partial charge in [-0.05, 0) is 41.9 Å². The van der Waals surface area contributed by atoms with E-state index in [4.69, 9.17) is 0 Å². The molecule has 0 saturated carbocycles. The van der Waals surface area contributed by atoms with Crippen LogP contribution in [0.1, 0.15) is 21.7 Å². The van der Waals surface area contributed by atoms with Crippen LogP contribution in [-0.2, 0) is 0 Å². The number of aromatic nitrogens is 2. The Balaban J connectivity index is 1.79. The molecule has 5 nitrogen and oxygen atoms in total. The van der Waals surface area contributed by atoms with E-state index in [-0.39, 0.29) is 5.91 Å². The van der Waals surface area contributed by atoms with E-state index < -0.39 is 0 Å². The summed E-state index contributed by atoms with van der Waals surface area (Å²) in [5.74, 6) is 1.35. The Morgan fingerprint density at radius 3 is 2.52 bits per heavy atom. The van der Waals surface area contributed by atoms with E-state index in [2.05, 4.69) is 36.5 Å². The Morgan fingerprint density at radius 2 is 1.86 bits per heavy atom. The first-order valence-electron chi connectivity index (χ1n) is 6.64. The summed E-state index contributed by atoms with van der Waals surface area (Å²) >= 11 is 3.32. The quantitative estimate of drug-likeness (QED) is 0.643. The molecule has 1 amide bonds. The van der Waals surface area contributed by atoms with E-state index in [0.717, 1.165) is 16.0 Å². The van der Waals surface area contributed by atoms with E-state index >= 15 is 0 Å². The molecule has 1 heterocycles. The van der Waals surface area contributed by atoms with Crippen LogP contribution in [0, 0.1) is 13.8 Å². The molecule has 2 N–H and O–H groups in total. The topological polar surface area (TPSA) is 66.9 Å². The third-order valence-corrected chi connectivity index (χ3v) is 3.24. The maximum Gasteiger partial charge on any atom is 0.251 e. The number of carbonyl (C=O) groups excluding carboxylic acids is 1. The molecule has 2 aromatic rings. The summed E-state index contributed by atoms with van der Waals surface area (Å²) < 4.78 is 0.737. The molecule has 0 aliphatic carbocycles. The fourth-order valence-electron chi connectivity index (χ4n) is 1.80. The number of benzene rings is 1. The predicted molar refractivity (Wildman–Crippen MR) is 86.5 cm³/mol. The molecule has 0 spiro atoms. The zero-order chi connectivity index (χ0) is 15.2. The van der Waals surface area contributed by atoms with Gasteiger partial charge in [0, 0.05) is 24.7 Å². The molecule has 110 valence electrons. The van der Waals surface area contributed by atoms with Gasteiger partial charge < -0.3 is 10.6 Å². The van der Waals surface area contributed by atoms with Crippen molar-refractivity contribution in [2.24, 2.45) is 0 Å². The van der Waals surface area contributed by atoms with Gasteiger partial charge in [0.2, 0.25) is 0 Å². The van der Waals surface area contributed by atoms with Gasteiger partial charge in [0.25, 0.3) is 5.91 Å². The lowest BCUT2D eigenvalue weighted by atomic mass is 10.1. The van der Waals surface area contributed by atoms with Crippen molar-refractivity contribution < 1.29 is 4.79 Å². The van der Waals surface area contributed by atoms with E-state index in [9.17, 15) is 4.79 Å². The third kappa shape index (κ3) is 4.82. The molecule has 1 aromatic carbocycles. The van der Waals surface area contributed by atoms with Gasteiger partial charge >= 0.3 is 0 Å². The van der Waals surface area contributed by atoms with Gasteiger partial charge in [-0.3, -0.25) is 4.79 Å². The summed E-state index contributed by atoms with van der Waals surface area (Å²) in [6.07, 6.45) is 0. The molecular weight excluding hydrogens is 332 g/mol. The van der Waals surface area contributed by atoms with Gasteiger partial charge in [-0.25, -0.2) is 9.97 Å². The molecule has 2 rings (SSSR count). The number of carbonyl (C=O) groups is 1. The van der Waals surface area contributed by atoms with Crippen molar-refractivity contribution in [3.05, 3.63) is 51.9 Å². The summed E-state index contributed by atoms with van der Waals surface area (Å²) in [5.41, 5.74) is 1.80. The number of nitrogens with one attached hydrogen (secondary N) is 2. The van der Waals surface area contributed by atoms with Crippen molar-refractivity contribution in [1.29, 1.82) is 0 Å². The molecule has 6 heteroatoms. The van der Waals surface area contributed by atoms with E-state index in [1.807, 2.05) is 38.1 Å². The third-order valence-electron chi connectivity index (χ3n) is 2.84. The number of halogens is 1. The first kappa shape index (κ1) is 15.4. The number of amides is 1. The Labute approximate surface area is 132 Å². The Hall–Kier alpha value is -1.95. The zero-order valence-electron chi connectivity index (χ0n) is 12.0. The highest BCUT2D eigenvalue weighted by Crippen LogP contribution is 2.11. The van der Waals surface area contributed by atoms with E-state index in [1.165, 1.54) is 0 Å². The number of rotatable bonds is 5. The van der Waals surface area contributed by atoms with Gasteiger partial charge in [-0.2, -0.15) is 0 Å². The van der Waals surface area contributed by atoms with Crippen LogP contribution in [0.3, 0.4) is 0 Å². The molecule has 21 heavy (non-hydrogen) atoms. The summed E-state index contributed by atoms with van der Waals surface area (Å²) in [6, 6.07) is 9.30. The van der Waals surface area contributed by atoms with Gasteiger partial charge in [0.1, 0.15) is 16.2 Å². The average Bonchev–Trinajstić information content (AvgIpc) is 2.43. The standard InChI is InChI=1S/C15H17BrN4O/c1-10-3-5-12(6-4-10)15(21)18-8-7-17-14-9-13(16)19-11(2)20-14/h3-6,9H,7-8H2,1-2H3,(H,18,21)(H,17,19,20). The van der Waals surface area contributed by atoms with Gasteiger partial charge in [-0.15, -0.1) is 0 Å². The Morgan fingerprint density at radius 1 is 1.14 bits per heavy atom. The molecule has 0 radical (unpaired) electrons. The van der Waals surface area contributed by atoms with Crippen LogP contribution in [0.2, 0.25) is 0 Å². The highest BCUT2D eigenvalue weighted by atomic mass is 79.9. The monoisotopic (exact) mass is 348 g/mol. The largest absolute Gasteiger partial charge is 0.368 e. The van der Waals surface area contributed by atoms with Gasteiger partial charge in [0.05, 0.1) is 0 Å². The molecule has 0 aliphatic rings. The predicted octanol–water partition coefficient (Wildman–Crippen LogP) is 2.70. The highest BCUT2D eigenvalue weighted by Gasteiger charge is 2.04. The van der Waals surface area contributed by atoms with Crippen LogP contribution < -0.4 is 10.6 Å². The lowest BCUT2D eigenvalue weighted by Crippen LogP contribution is -2.28. The molecule has 0 fully saturated rings. The van der Waals surface area contributed by atoms with E-state index in [1.54, 1.807) is 6.07 Å². The smallest absolute Gasteiger partial charge is 0.251 e. The Bertz CT molecular complexity index is 608. The molecule has 0 bridgehead atoms. The number of nitrogens with zero attached hydrogens (tertiary/aromatic N) is 2. The zero-order valence-corrected chi connectivity index (χ0v) is 13.6. The van der Waals surface area contributed by atoms with Gasteiger partial charge in [0.15, 0.2) is 0 Å². The maximum atomic E-state index is 11.9. The van der Waals surface area contributed by atoms with Crippen LogP contribution in [0.5, 0.6) is 0 Å². The lowest BCUT2D eigenvalue weighted by molar-refractivity contribution is 0.0955. The normalized spacial score (nSPS) is 10.2. The SMILES string of the molecule is Cc1ccc(C(=O)NCCNc2cc(Br)nc(C)n2)cc1. The van der Waals surface area contributed by atoms with Crippen molar-refractivity contribution in [3.8, 4) is 0 Å². The second-order valence-electron chi connectivity index (χ2n) is 4.67. The summed E-state index contributed by atoms with van der Waals surface area (Å²) in [4.78, 5) is 20.3. The van der Waals surface area contributed by atoms with Crippen LogP contribution in [0.4, 0.5) is 5.82 Å². The van der Waals surface area contributed by atoms with Crippen molar-refractivity contribution in [3.63, 3.8) is 0 Å². The van der Waals surface area contributed by atoms with Crippen LogP contribution in [0.25, 0.3) is 0 Å². The number of anilines is 1. The van der Waals surface area contributed by atoms with Crippen LogP contribution in [0.15, 0.2) is 34.9 Å². The second-order valence-corrected chi connectivity index (χ2v) is 5.48. The fraction of sp³-hybridized carbons (Fsp3) is 0.267. The minimum Gasteiger partial charge on any atom is -0.368 e. The van der Waals surface area contributed by atoms with Crippen LogP contribution >= 0.6 is 15.9 Å². The van der Waals surface area contributed by atoms with Crippen molar-refractivity contribution in [2.45, 2.75) is 13.8 Å². The van der Waals surface area contributed by atoms with Crippen molar-refractivity contribution in [1.82, 2.24) is 15.3 Å². The lowest BCUT2D eigenvalue weighted by Gasteiger charge is -2.08. The summed E-state index contributed by atoms with van der Waals surface area (Å²) in [6.45, 7) is 4.94. The first-order chi connectivity index (χ1) is 10.0. The molecule has 0 unspecified atom stereocenters. The summed E-state index contributed by atoms with van der Waals surface area (Å²) in [5, 5.41) is 6.01. The first-order valence-corrected chi connectivity index (χ1v) is 7.44. The minimum atomic E-state index is -0.0724. The number of aryl methyl sites for hydroxylation is 2.